The van der Waals surface area contributed by atoms with Gasteiger partial charge in [0.1, 0.15) is 12.1 Å². The van der Waals surface area contributed by atoms with Gasteiger partial charge in [0.2, 0.25) is 0 Å². The highest BCUT2D eigenvalue weighted by atomic mass is 32.2. The van der Waals surface area contributed by atoms with E-state index in [9.17, 15) is 27.9 Å². The SMILES string of the molecule is CCOC(=O)C(CCS(=O)(=O)c1ccccc1)N1C(C(=O)O)Cc2ccccc2C1C(=O)[C@H](C)N. The van der Waals surface area contributed by atoms with E-state index in [1.165, 1.54) is 24.0 Å². The molecule has 1 heterocycles. The van der Waals surface area contributed by atoms with Crippen LogP contribution in [0.25, 0.3) is 0 Å². The second-order valence-corrected chi connectivity index (χ2v) is 10.6. The van der Waals surface area contributed by atoms with E-state index in [-0.39, 0.29) is 24.3 Å². The summed E-state index contributed by atoms with van der Waals surface area (Å²) in [6.07, 6.45) is -0.222. The molecule has 0 bridgehead atoms. The molecule has 3 N–H and O–H groups in total. The Balaban J connectivity index is 2.09. The number of ketones is 1. The minimum absolute atomic E-state index is 0.00877. The number of esters is 1. The molecular weight excluding hydrogens is 472 g/mol. The lowest BCUT2D eigenvalue weighted by atomic mass is 9.83. The molecular formula is C25H30N2O7S. The van der Waals surface area contributed by atoms with Crippen molar-refractivity contribution in [2.24, 2.45) is 5.73 Å². The second-order valence-electron chi connectivity index (χ2n) is 8.49. The summed E-state index contributed by atoms with van der Waals surface area (Å²) in [4.78, 5) is 40.2. The van der Waals surface area contributed by atoms with Crippen LogP contribution in [0.4, 0.5) is 0 Å². The van der Waals surface area contributed by atoms with Gasteiger partial charge in [0.15, 0.2) is 15.6 Å². The van der Waals surface area contributed by atoms with Gasteiger partial charge in [0.25, 0.3) is 0 Å². The highest BCUT2D eigenvalue weighted by Crippen LogP contribution is 2.37. The predicted octanol–water partition coefficient (Wildman–Crippen LogP) is 1.75. The van der Waals surface area contributed by atoms with E-state index in [4.69, 9.17) is 10.5 Å². The summed E-state index contributed by atoms with van der Waals surface area (Å²) in [7, 11) is -3.79. The summed E-state index contributed by atoms with van der Waals surface area (Å²) >= 11 is 0. The van der Waals surface area contributed by atoms with Crippen molar-refractivity contribution in [2.45, 2.75) is 55.8 Å². The number of rotatable bonds is 10. The lowest BCUT2D eigenvalue weighted by Gasteiger charge is -2.44. The minimum atomic E-state index is -3.79. The minimum Gasteiger partial charge on any atom is -0.480 e. The largest absolute Gasteiger partial charge is 0.480 e. The number of hydrogen-bond acceptors (Lipinski definition) is 8. The third kappa shape index (κ3) is 5.77. The van der Waals surface area contributed by atoms with Crippen LogP contribution in [0.5, 0.6) is 0 Å². The Labute approximate surface area is 204 Å². The molecule has 3 unspecified atom stereocenters. The molecule has 0 fully saturated rings. The van der Waals surface area contributed by atoms with Crippen molar-refractivity contribution in [1.29, 1.82) is 0 Å². The number of carbonyl (C=O) groups excluding carboxylic acids is 2. The van der Waals surface area contributed by atoms with Gasteiger partial charge in [0.05, 0.1) is 29.3 Å². The van der Waals surface area contributed by atoms with Gasteiger partial charge in [0, 0.05) is 0 Å². The van der Waals surface area contributed by atoms with Crippen LogP contribution in [0.15, 0.2) is 59.5 Å². The van der Waals surface area contributed by atoms with Gasteiger partial charge in [-0.3, -0.25) is 19.3 Å². The average molecular weight is 503 g/mol. The van der Waals surface area contributed by atoms with E-state index < -0.39 is 57.5 Å². The van der Waals surface area contributed by atoms with Crippen molar-refractivity contribution in [1.82, 2.24) is 4.90 Å². The van der Waals surface area contributed by atoms with Crippen molar-refractivity contribution in [3.05, 3.63) is 65.7 Å². The molecule has 188 valence electrons. The maximum Gasteiger partial charge on any atom is 0.323 e. The van der Waals surface area contributed by atoms with Crippen molar-refractivity contribution in [2.75, 3.05) is 12.4 Å². The fourth-order valence-corrected chi connectivity index (χ4v) is 5.78. The first-order valence-corrected chi connectivity index (χ1v) is 13.1. The molecule has 2 aromatic carbocycles. The van der Waals surface area contributed by atoms with E-state index in [0.717, 1.165) is 0 Å². The Morgan fingerprint density at radius 2 is 1.74 bits per heavy atom. The normalized spacial score (nSPS) is 19.9. The number of fused-ring (bicyclic) bond motifs is 1. The first-order valence-electron chi connectivity index (χ1n) is 11.4. The molecule has 1 aliphatic heterocycles. The molecule has 35 heavy (non-hydrogen) atoms. The second kappa shape index (κ2) is 11.1. The van der Waals surface area contributed by atoms with Gasteiger partial charge in [-0.15, -0.1) is 0 Å². The number of ether oxygens (including phenoxy) is 1. The summed E-state index contributed by atoms with van der Waals surface area (Å²) in [5.74, 6) is -2.93. The molecule has 9 nitrogen and oxygen atoms in total. The number of carboxylic acids is 1. The fourth-order valence-electron chi connectivity index (χ4n) is 4.44. The highest BCUT2D eigenvalue weighted by Gasteiger charge is 2.48. The number of aliphatic carboxylic acids is 1. The van der Waals surface area contributed by atoms with E-state index in [1.807, 2.05) is 0 Å². The third-order valence-electron chi connectivity index (χ3n) is 6.11. The maximum absolute atomic E-state index is 13.3. The number of hydrogen-bond donors (Lipinski definition) is 2. The summed E-state index contributed by atoms with van der Waals surface area (Å²) in [5, 5.41) is 10.1. The van der Waals surface area contributed by atoms with Crippen LogP contribution < -0.4 is 5.73 Å². The van der Waals surface area contributed by atoms with Crippen LogP contribution in [0.1, 0.15) is 37.4 Å². The monoisotopic (exact) mass is 502 g/mol. The molecule has 0 aromatic heterocycles. The zero-order valence-corrected chi connectivity index (χ0v) is 20.5. The Hall–Kier alpha value is -3.08. The Morgan fingerprint density at radius 1 is 1.11 bits per heavy atom. The fraction of sp³-hybridized carbons (Fsp3) is 0.400. The molecule has 4 atom stereocenters. The standard InChI is InChI=1S/C25H30N2O7S/c1-3-34-25(31)20(13-14-35(32,33)18-10-5-4-6-11-18)27-21(24(29)30)15-17-9-7-8-12-19(17)22(27)23(28)16(2)26/h4-12,16,20-22H,3,13-15,26H2,1-2H3,(H,29,30)/t16-,20?,21?,22?/m0/s1. The zero-order valence-electron chi connectivity index (χ0n) is 19.7. The molecule has 3 rings (SSSR count). The number of benzene rings is 2. The molecule has 0 amide bonds. The van der Waals surface area contributed by atoms with Crippen LogP contribution in [0.2, 0.25) is 0 Å². The molecule has 0 radical (unpaired) electrons. The van der Waals surface area contributed by atoms with Crippen LogP contribution in [-0.2, 0) is 35.4 Å². The highest BCUT2D eigenvalue weighted by molar-refractivity contribution is 7.91. The molecule has 1 aliphatic rings. The predicted molar refractivity (Wildman–Crippen MR) is 128 cm³/mol. The maximum atomic E-state index is 13.3. The van der Waals surface area contributed by atoms with Crippen LogP contribution in [0.3, 0.4) is 0 Å². The van der Waals surface area contributed by atoms with Gasteiger partial charge in [-0.1, -0.05) is 42.5 Å². The molecule has 0 saturated heterocycles. The average Bonchev–Trinajstić information content (AvgIpc) is 2.83. The summed E-state index contributed by atoms with van der Waals surface area (Å²) in [6, 6.07) is 10.0. The lowest BCUT2D eigenvalue weighted by molar-refractivity contribution is -0.159. The first kappa shape index (κ1) is 26.5. The van der Waals surface area contributed by atoms with E-state index in [1.54, 1.807) is 49.4 Å². The number of nitrogens with two attached hydrogens (primary N) is 1. The van der Waals surface area contributed by atoms with Crippen LogP contribution >= 0.6 is 0 Å². The van der Waals surface area contributed by atoms with Crippen molar-refractivity contribution >= 4 is 27.6 Å². The summed E-state index contributed by atoms with van der Waals surface area (Å²) < 4.78 is 31.1. The van der Waals surface area contributed by atoms with E-state index in [2.05, 4.69) is 0 Å². The van der Waals surface area contributed by atoms with Crippen molar-refractivity contribution in [3.63, 3.8) is 0 Å². The summed E-state index contributed by atoms with van der Waals surface area (Å²) in [6.45, 7) is 3.10. The first-order chi connectivity index (χ1) is 16.6. The Kier molecular flexibility index (Phi) is 8.42. The number of carboxylic acid groups (broad SMARTS) is 1. The molecule has 10 heteroatoms. The Bertz CT molecular complexity index is 1180. The molecule has 0 saturated carbocycles. The Morgan fingerprint density at radius 3 is 2.34 bits per heavy atom. The topological polar surface area (TPSA) is 144 Å². The zero-order chi connectivity index (χ0) is 25.8. The van der Waals surface area contributed by atoms with Gasteiger partial charge in [-0.05, 0) is 49.9 Å². The molecule has 2 aromatic rings. The summed E-state index contributed by atoms with van der Waals surface area (Å²) in [5.41, 5.74) is 7.14. The van der Waals surface area contributed by atoms with Gasteiger partial charge in [-0.2, -0.15) is 0 Å². The third-order valence-corrected chi connectivity index (χ3v) is 7.87. The number of sulfone groups is 1. The van der Waals surface area contributed by atoms with Crippen molar-refractivity contribution < 1.29 is 32.6 Å². The molecule has 0 aliphatic carbocycles. The van der Waals surface area contributed by atoms with Gasteiger partial charge < -0.3 is 15.6 Å². The van der Waals surface area contributed by atoms with Crippen LogP contribution in [-0.4, -0.2) is 66.6 Å². The van der Waals surface area contributed by atoms with Crippen LogP contribution in [0, 0.1) is 0 Å². The van der Waals surface area contributed by atoms with Crippen molar-refractivity contribution in [3.8, 4) is 0 Å². The lowest BCUT2D eigenvalue weighted by Crippen LogP contribution is -2.59. The quantitative estimate of drug-likeness (QED) is 0.464. The number of nitrogens with zero attached hydrogens (tertiary/aromatic N) is 1. The smallest absolute Gasteiger partial charge is 0.323 e. The van der Waals surface area contributed by atoms with E-state index >= 15 is 0 Å². The van der Waals surface area contributed by atoms with Gasteiger partial charge >= 0.3 is 11.9 Å². The van der Waals surface area contributed by atoms with E-state index in [0.29, 0.717) is 11.1 Å². The number of Topliss-reactive ketones (excluding diaryl/α,β-unsaturated/α-hetero) is 1. The number of carbonyl (C=O) groups is 3. The van der Waals surface area contributed by atoms with Gasteiger partial charge in [-0.25, -0.2) is 8.42 Å². The molecule has 0 spiro atoms.